The van der Waals surface area contributed by atoms with Crippen LogP contribution in [0.2, 0.25) is 0 Å². The Hall–Kier alpha value is -2.98. The highest BCUT2D eigenvalue weighted by Crippen LogP contribution is 2.30. The second kappa shape index (κ2) is 11.2. The van der Waals surface area contributed by atoms with Gasteiger partial charge in [0.15, 0.2) is 0 Å². The van der Waals surface area contributed by atoms with Crippen molar-refractivity contribution in [2.75, 3.05) is 17.3 Å². The molecular formula is C27H33F3N4O2S. The zero-order valence-electron chi connectivity index (χ0n) is 21.8. The Balaban J connectivity index is 1.77. The minimum atomic E-state index is -4.37. The van der Waals surface area contributed by atoms with Crippen LogP contribution in [0.4, 0.5) is 18.9 Å². The first-order valence-electron chi connectivity index (χ1n) is 11.9. The predicted octanol–water partition coefficient (Wildman–Crippen LogP) is 5.75. The van der Waals surface area contributed by atoms with Crippen molar-refractivity contribution in [2.45, 2.75) is 58.4 Å². The molecule has 1 aliphatic rings. The maximum atomic E-state index is 13.3. The first-order chi connectivity index (χ1) is 17.2. The standard InChI is InChI=1S/C27H33F3N4O2S/c1-16-8-7-9-20(23(16)25(36)32-26(4,5)15-37-6)24(35)31-21-11-10-19(14-17(21)2)18(3)34-13-12-22(33-34)27(28,29)30/h7-14,18,22,33H,15H2,1-6H3,(H,31,35)(H,32,36). The zero-order valence-corrected chi connectivity index (χ0v) is 22.6. The molecule has 37 heavy (non-hydrogen) atoms. The van der Waals surface area contributed by atoms with Gasteiger partial charge in [-0.25, -0.2) is 5.43 Å². The van der Waals surface area contributed by atoms with E-state index in [0.29, 0.717) is 16.8 Å². The van der Waals surface area contributed by atoms with Crippen LogP contribution in [-0.2, 0) is 0 Å². The topological polar surface area (TPSA) is 73.5 Å². The van der Waals surface area contributed by atoms with Crippen molar-refractivity contribution in [3.05, 3.63) is 76.5 Å². The number of carbonyl (C=O) groups excluding carboxylic acids is 2. The van der Waals surface area contributed by atoms with Gasteiger partial charge in [-0.3, -0.25) is 9.59 Å². The van der Waals surface area contributed by atoms with Crippen LogP contribution in [0, 0.1) is 13.8 Å². The van der Waals surface area contributed by atoms with E-state index in [9.17, 15) is 22.8 Å². The summed E-state index contributed by atoms with van der Waals surface area (Å²) in [5.74, 6) is -0.0143. The lowest BCUT2D eigenvalue weighted by Crippen LogP contribution is -2.46. The van der Waals surface area contributed by atoms with E-state index < -0.39 is 23.7 Å². The quantitative estimate of drug-likeness (QED) is 0.402. The molecule has 2 aromatic carbocycles. The van der Waals surface area contributed by atoms with Crippen molar-refractivity contribution in [1.82, 2.24) is 15.8 Å². The van der Waals surface area contributed by atoms with Gasteiger partial charge < -0.3 is 15.6 Å². The monoisotopic (exact) mass is 534 g/mol. The minimum Gasteiger partial charge on any atom is -0.346 e. The summed E-state index contributed by atoms with van der Waals surface area (Å²) in [6, 6.07) is 8.36. The number of carbonyl (C=O) groups is 2. The highest BCUT2D eigenvalue weighted by Gasteiger charge is 2.41. The van der Waals surface area contributed by atoms with Gasteiger partial charge in [0.1, 0.15) is 6.04 Å². The van der Waals surface area contributed by atoms with Gasteiger partial charge in [0, 0.05) is 23.2 Å². The molecule has 10 heteroatoms. The number of anilines is 1. The molecule has 200 valence electrons. The fourth-order valence-corrected chi connectivity index (χ4v) is 5.00. The third-order valence-electron chi connectivity index (χ3n) is 6.18. The van der Waals surface area contributed by atoms with E-state index in [2.05, 4.69) is 16.1 Å². The van der Waals surface area contributed by atoms with Gasteiger partial charge in [0.2, 0.25) is 0 Å². The zero-order chi connectivity index (χ0) is 27.5. The largest absolute Gasteiger partial charge is 0.409 e. The number of amides is 2. The van der Waals surface area contributed by atoms with Gasteiger partial charge in [-0.1, -0.05) is 24.3 Å². The molecule has 1 aliphatic heterocycles. The molecule has 0 fully saturated rings. The summed E-state index contributed by atoms with van der Waals surface area (Å²) >= 11 is 1.62. The molecule has 3 N–H and O–H groups in total. The van der Waals surface area contributed by atoms with Crippen LogP contribution in [0.1, 0.15) is 64.2 Å². The lowest BCUT2D eigenvalue weighted by Gasteiger charge is -2.28. The number of nitrogens with zero attached hydrogens (tertiary/aromatic N) is 1. The molecule has 2 aromatic rings. The summed E-state index contributed by atoms with van der Waals surface area (Å²) < 4.78 is 39.0. The Morgan fingerprint density at radius 1 is 1.11 bits per heavy atom. The highest BCUT2D eigenvalue weighted by molar-refractivity contribution is 7.98. The number of alkyl halides is 3. The molecule has 0 spiro atoms. The first kappa shape index (κ1) is 28.6. The number of thioether (sulfide) groups is 1. The summed E-state index contributed by atoms with van der Waals surface area (Å²) in [5, 5.41) is 7.32. The molecule has 0 aliphatic carbocycles. The van der Waals surface area contributed by atoms with Crippen molar-refractivity contribution < 1.29 is 22.8 Å². The predicted molar refractivity (Wildman–Crippen MR) is 143 cm³/mol. The molecule has 0 saturated heterocycles. The molecule has 2 unspecified atom stereocenters. The van der Waals surface area contributed by atoms with Crippen LogP contribution < -0.4 is 16.1 Å². The number of hydrazine groups is 1. The van der Waals surface area contributed by atoms with E-state index in [1.54, 1.807) is 55.9 Å². The fourth-order valence-electron chi connectivity index (χ4n) is 4.21. The molecule has 0 radical (unpaired) electrons. The number of benzene rings is 2. The normalized spacial score (nSPS) is 16.6. The van der Waals surface area contributed by atoms with Gasteiger partial charge in [-0.15, -0.1) is 0 Å². The Morgan fingerprint density at radius 3 is 2.41 bits per heavy atom. The number of nitrogens with one attached hydrogen (secondary N) is 3. The SMILES string of the molecule is CSCC(C)(C)NC(=O)c1c(C)cccc1C(=O)Nc1ccc(C(C)N2C=CC(C(F)(F)F)N2)cc1C. The Kier molecular flexibility index (Phi) is 8.64. The van der Waals surface area contributed by atoms with Crippen LogP contribution in [-0.4, -0.2) is 46.6 Å². The molecular weight excluding hydrogens is 501 g/mol. The van der Waals surface area contributed by atoms with E-state index in [1.807, 2.05) is 33.1 Å². The molecule has 0 saturated carbocycles. The Morgan fingerprint density at radius 2 is 1.81 bits per heavy atom. The molecule has 2 atom stereocenters. The van der Waals surface area contributed by atoms with Crippen LogP contribution in [0.3, 0.4) is 0 Å². The van der Waals surface area contributed by atoms with Gasteiger partial charge in [0.05, 0.1) is 17.2 Å². The van der Waals surface area contributed by atoms with Gasteiger partial charge in [-0.05, 0) is 75.8 Å². The van der Waals surface area contributed by atoms with E-state index in [-0.39, 0.29) is 17.5 Å². The fraction of sp³-hybridized carbons (Fsp3) is 0.407. The smallest absolute Gasteiger partial charge is 0.346 e. The molecule has 2 amide bonds. The maximum absolute atomic E-state index is 13.3. The van der Waals surface area contributed by atoms with E-state index in [4.69, 9.17) is 0 Å². The molecule has 6 nitrogen and oxygen atoms in total. The number of hydrogen-bond acceptors (Lipinski definition) is 5. The Bertz CT molecular complexity index is 1200. The van der Waals surface area contributed by atoms with E-state index in [0.717, 1.165) is 23.0 Å². The second-order valence-electron chi connectivity index (χ2n) is 9.87. The van der Waals surface area contributed by atoms with Gasteiger partial charge >= 0.3 is 6.18 Å². The Labute approximate surface area is 220 Å². The van der Waals surface area contributed by atoms with Crippen LogP contribution >= 0.6 is 11.8 Å². The highest BCUT2D eigenvalue weighted by atomic mass is 32.2. The lowest BCUT2D eigenvalue weighted by atomic mass is 9.98. The number of aryl methyl sites for hydroxylation is 2. The summed E-state index contributed by atoms with van der Waals surface area (Å²) in [5.41, 5.74) is 5.35. The van der Waals surface area contributed by atoms with Gasteiger partial charge in [-0.2, -0.15) is 24.9 Å². The van der Waals surface area contributed by atoms with Gasteiger partial charge in [0.25, 0.3) is 11.8 Å². The van der Waals surface area contributed by atoms with E-state index >= 15 is 0 Å². The number of halogens is 3. The maximum Gasteiger partial charge on any atom is 0.409 e. The molecule has 1 heterocycles. The van der Waals surface area contributed by atoms with Crippen molar-refractivity contribution in [2.24, 2.45) is 0 Å². The molecule has 0 aromatic heterocycles. The summed E-state index contributed by atoms with van der Waals surface area (Å²) in [6.45, 7) is 9.26. The third-order valence-corrected chi connectivity index (χ3v) is 7.19. The van der Waals surface area contributed by atoms with Crippen molar-refractivity contribution in [1.29, 1.82) is 0 Å². The van der Waals surface area contributed by atoms with Crippen LogP contribution in [0.5, 0.6) is 0 Å². The van der Waals surface area contributed by atoms with Crippen LogP contribution in [0.15, 0.2) is 48.7 Å². The van der Waals surface area contributed by atoms with E-state index in [1.165, 1.54) is 11.2 Å². The summed E-state index contributed by atoms with van der Waals surface area (Å²) in [7, 11) is 0. The lowest BCUT2D eigenvalue weighted by molar-refractivity contribution is -0.150. The van der Waals surface area contributed by atoms with Crippen LogP contribution in [0.25, 0.3) is 0 Å². The molecule has 3 rings (SSSR count). The van der Waals surface area contributed by atoms with Crippen molar-refractivity contribution >= 4 is 29.3 Å². The van der Waals surface area contributed by atoms with Crippen molar-refractivity contribution in [3.8, 4) is 0 Å². The average Bonchev–Trinajstić information content (AvgIpc) is 3.30. The summed E-state index contributed by atoms with van der Waals surface area (Å²) in [4.78, 5) is 26.4. The number of rotatable bonds is 8. The number of hydrogen-bond donors (Lipinski definition) is 3. The third kappa shape index (κ3) is 6.87. The second-order valence-corrected chi connectivity index (χ2v) is 10.7. The minimum absolute atomic E-state index is 0.263. The van der Waals surface area contributed by atoms with Crippen molar-refractivity contribution in [3.63, 3.8) is 0 Å². The first-order valence-corrected chi connectivity index (χ1v) is 13.3. The molecule has 0 bridgehead atoms. The average molecular weight is 535 g/mol. The summed E-state index contributed by atoms with van der Waals surface area (Å²) in [6.07, 6.45) is 0.0617.